The van der Waals surface area contributed by atoms with Gasteiger partial charge in [0.05, 0.1) is 22.5 Å². The van der Waals surface area contributed by atoms with E-state index in [0.29, 0.717) is 10.7 Å². The molecule has 0 N–H and O–H groups in total. The smallest absolute Gasteiger partial charge is 0.187 e. The van der Waals surface area contributed by atoms with Gasteiger partial charge in [0.25, 0.3) is 0 Å². The number of benzene rings is 1. The Balaban J connectivity index is 2.27. The molecule has 1 heterocycles. The van der Waals surface area contributed by atoms with Crippen molar-refractivity contribution in [2.45, 2.75) is 13.5 Å². The van der Waals surface area contributed by atoms with E-state index in [0.717, 1.165) is 18.2 Å². The van der Waals surface area contributed by atoms with Crippen LogP contribution < -0.4 is 0 Å². The minimum atomic E-state index is -0.752. The zero-order valence-corrected chi connectivity index (χ0v) is 10.2. The van der Waals surface area contributed by atoms with Crippen LogP contribution in [-0.4, -0.2) is 15.6 Å². The Morgan fingerprint density at radius 3 is 2.78 bits per heavy atom. The zero-order valence-electron chi connectivity index (χ0n) is 9.45. The van der Waals surface area contributed by atoms with Crippen molar-refractivity contribution in [3.05, 3.63) is 52.3 Å². The first-order valence-electron chi connectivity index (χ1n) is 5.15. The molecular weight excluding hydrogens is 262 g/mol. The average molecular weight is 271 g/mol. The Hall–Kier alpha value is -1.75. The average Bonchev–Trinajstić information content (AvgIpc) is 2.64. The van der Waals surface area contributed by atoms with Crippen LogP contribution in [0.3, 0.4) is 0 Å². The molecule has 1 aromatic heterocycles. The van der Waals surface area contributed by atoms with Crippen LogP contribution in [0, 0.1) is 18.6 Å². The highest BCUT2D eigenvalue weighted by Gasteiger charge is 2.15. The molecule has 0 aliphatic heterocycles. The SMILES string of the molecule is Cc1c(Cl)cnn1CC(=O)c1cc(F)ccc1F. The number of Topliss-reactive ketones (excluding diaryl/α,β-unsaturated/α-hetero) is 1. The van der Waals surface area contributed by atoms with Crippen molar-refractivity contribution in [1.29, 1.82) is 0 Å². The third kappa shape index (κ3) is 2.41. The van der Waals surface area contributed by atoms with Crippen molar-refractivity contribution < 1.29 is 13.6 Å². The van der Waals surface area contributed by atoms with E-state index in [4.69, 9.17) is 11.6 Å². The second-order valence-corrected chi connectivity index (χ2v) is 4.19. The van der Waals surface area contributed by atoms with Gasteiger partial charge in [-0.3, -0.25) is 9.48 Å². The maximum atomic E-state index is 13.4. The fourth-order valence-corrected chi connectivity index (χ4v) is 1.66. The molecule has 0 saturated heterocycles. The summed E-state index contributed by atoms with van der Waals surface area (Å²) in [6.45, 7) is 1.50. The summed E-state index contributed by atoms with van der Waals surface area (Å²) in [5.41, 5.74) is 0.308. The number of carbonyl (C=O) groups is 1. The van der Waals surface area contributed by atoms with Crippen molar-refractivity contribution in [2.24, 2.45) is 0 Å². The third-order valence-corrected chi connectivity index (χ3v) is 2.94. The first-order chi connectivity index (χ1) is 8.49. The van der Waals surface area contributed by atoms with Gasteiger partial charge in [0.2, 0.25) is 0 Å². The lowest BCUT2D eigenvalue weighted by Crippen LogP contribution is -2.14. The maximum absolute atomic E-state index is 13.4. The Labute approximate surface area is 107 Å². The van der Waals surface area contributed by atoms with Crippen LogP contribution in [0.15, 0.2) is 24.4 Å². The number of hydrogen-bond donors (Lipinski definition) is 0. The highest BCUT2D eigenvalue weighted by atomic mass is 35.5. The Bertz CT molecular complexity index is 610. The molecule has 94 valence electrons. The molecule has 0 bridgehead atoms. The van der Waals surface area contributed by atoms with Gasteiger partial charge in [-0.1, -0.05) is 11.6 Å². The Morgan fingerprint density at radius 1 is 1.44 bits per heavy atom. The monoisotopic (exact) mass is 270 g/mol. The van der Waals surface area contributed by atoms with E-state index in [9.17, 15) is 13.6 Å². The minimum Gasteiger partial charge on any atom is -0.292 e. The van der Waals surface area contributed by atoms with Gasteiger partial charge in [-0.15, -0.1) is 0 Å². The van der Waals surface area contributed by atoms with E-state index in [1.165, 1.54) is 10.9 Å². The van der Waals surface area contributed by atoms with Crippen molar-refractivity contribution in [1.82, 2.24) is 9.78 Å². The van der Waals surface area contributed by atoms with E-state index >= 15 is 0 Å². The highest BCUT2D eigenvalue weighted by molar-refractivity contribution is 6.31. The number of nitrogens with zero attached hydrogens (tertiary/aromatic N) is 2. The lowest BCUT2D eigenvalue weighted by atomic mass is 10.1. The van der Waals surface area contributed by atoms with Gasteiger partial charge >= 0.3 is 0 Å². The molecule has 2 rings (SSSR count). The lowest BCUT2D eigenvalue weighted by molar-refractivity contribution is 0.0962. The summed E-state index contributed by atoms with van der Waals surface area (Å²) in [5, 5.41) is 4.30. The van der Waals surface area contributed by atoms with Crippen LogP contribution in [0.2, 0.25) is 5.02 Å². The molecule has 0 amide bonds. The molecule has 0 saturated carbocycles. The van der Waals surface area contributed by atoms with Crippen LogP contribution in [0.5, 0.6) is 0 Å². The number of ketones is 1. The summed E-state index contributed by atoms with van der Waals surface area (Å²) in [4.78, 5) is 11.8. The number of carbonyl (C=O) groups excluding carboxylic acids is 1. The molecule has 1 aromatic carbocycles. The molecule has 18 heavy (non-hydrogen) atoms. The van der Waals surface area contributed by atoms with E-state index in [1.807, 2.05) is 0 Å². The number of halogens is 3. The fraction of sp³-hybridized carbons (Fsp3) is 0.167. The highest BCUT2D eigenvalue weighted by Crippen LogP contribution is 2.15. The largest absolute Gasteiger partial charge is 0.292 e. The van der Waals surface area contributed by atoms with Gasteiger partial charge in [-0.2, -0.15) is 5.10 Å². The van der Waals surface area contributed by atoms with E-state index in [-0.39, 0.29) is 12.1 Å². The molecule has 2 aromatic rings. The van der Waals surface area contributed by atoms with Crippen LogP contribution in [0.25, 0.3) is 0 Å². The second kappa shape index (κ2) is 4.86. The molecule has 0 aliphatic rings. The number of hydrogen-bond acceptors (Lipinski definition) is 2. The molecule has 0 fully saturated rings. The molecular formula is C12H9ClF2N2O. The van der Waals surface area contributed by atoms with Crippen LogP contribution in [0.1, 0.15) is 16.1 Å². The van der Waals surface area contributed by atoms with Gasteiger partial charge in [0, 0.05) is 0 Å². The molecule has 6 heteroatoms. The van der Waals surface area contributed by atoms with Gasteiger partial charge in [-0.05, 0) is 25.1 Å². The molecule has 3 nitrogen and oxygen atoms in total. The molecule has 0 radical (unpaired) electrons. The maximum Gasteiger partial charge on any atom is 0.187 e. The summed E-state index contributed by atoms with van der Waals surface area (Å²) < 4.78 is 27.7. The van der Waals surface area contributed by atoms with Gasteiger partial charge < -0.3 is 0 Å². The van der Waals surface area contributed by atoms with Crippen LogP contribution >= 0.6 is 11.6 Å². The van der Waals surface area contributed by atoms with Crippen molar-refractivity contribution >= 4 is 17.4 Å². The van der Waals surface area contributed by atoms with Gasteiger partial charge in [-0.25, -0.2) is 8.78 Å². The van der Waals surface area contributed by atoms with Crippen LogP contribution in [-0.2, 0) is 6.54 Å². The van der Waals surface area contributed by atoms with E-state index in [2.05, 4.69) is 5.10 Å². The standard InChI is InChI=1S/C12H9ClF2N2O/c1-7-10(13)5-16-17(7)6-12(18)9-4-8(14)2-3-11(9)15/h2-5H,6H2,1H3. The first kappa shape index (κ1) is 12.7. The van der Waals surface area contributed by atoms with Gasteiger partial charge in [0.1, 0.15) is 18.2 Å². The molecule has 0 spiro atoms. The second-order valence-electron chi connectivity index (χ2n) is 3.78. The summed E-state index contributed by atoms with van der Waals surface area (Å²) in [6.07, 6.45) is 1.39. The van der Waals surface area contributed by atoms with E-state index < -0.39 is 17.4 Å². The number of aromatic nitrogens is 2. The van der Waals surface area contributed by atoms with Gasteiger partial charge in [0.15, 0.2) is 5.78 Å². The lowest BCUT2D eigenvalue weighted by Gasteiger charge is -2.05. The number of rotatable bonds is 3. The van der Waals surface area contributed by atoms with Crippen molar-refractivity contribution in [3.63, 3.8) is 0 Å². The fourth-order valence-electron chi connectivity index (χ4n) is 1.52. The summed E-state index contributed by atoms with van der Waals surface area (Å²) in [5.74, 6) is -1.97. The molecule has 0 aliphatic carbocycles. The summed E-state index contributed by atoms with van der Waals surface area (Å²) in [7, 11) is 0. The summed E-state index contributed by atoms with van der Waals surface area (Å²) in [6, 6.07) is 2.76. The predicted octanol–water partition coefficient (Wildman–Crippen LogP) is 3.01. The van der Waals surface area contributed by atoms with Crippen molar-refractivity contribution in [3.8, 4) is 0 Å². The van der Waals surface area contributed by atoms with E-state index in [1.54, 1.807) is 6.92 Å². The molecule has 0 atom stereocenters. The zero-order chi connectivity index (χ0) is 13.3. The minimum absolute atomic E-state index is 0.182. The Morgan fingerprint density at radius 2 is 2.17 bits per heavy atom. The summed E-state index contributed by atoms with van der Waals surface area (Å²) >= 11 is 5.79. The predicted molar refractivity (Wildman–Crippen MR) is 62.7 cm³/mol. The van der Waals surface area contributed by atoms with Crippen LogP contribution in [0.4, 0.5) is 8.78 Å². The third-order valence-electron chi connectivity index (χ3n) is 2.57. The van der Waals surface area contributed by atoms with Crippen molar-refractivity contribution in [2.75, 3.05) is 0 Å². The first-order valence-corrected chi connectivity index (χ1v) is 5.53. The topological polar surface area (TPSA) is 34.9 Å². The normalized spacial score (nSPS) is 10.7. The molecule has 0 unspecified atom stereocenters. The Kier molecular flexibility index (Phi) is 3.43. The quantitative estimate of drug-likeness (QED) is 0.804.